The summed E-state index contributed by atoms with van der Waals surface area (Å²) < 4.78 is 5.33. The molecule has 0 radical (unpaired) electrons. The number of benzene rings is 2. The van der Waals surface area contributed by atoms with E-state index >= 15 is 0 Å². The highest BCUT2D eigenvalue weighted by molar-refractivity contribution is 8.00. The van der Waals surface area contributed by atoms with Gasteiger partial charge in [0.15, 0.2) is 5.78 Å². The minimum absolute atomic E-state index is 0.00467. The van der Waals surface area contributed by atoms with Crippen LogP contribution in [-0.2, 0) is 12.8 Å². The maximum Gasteiger partial charge on any atom is 0.347 e. The summed E-state index contributed by atoms with van der Waals surface area (Å²) in [6.07, 6.45) is 3.87. The van der Waals surface area contributed by atoms with Crippen molar-refractivity contribution >= 4 is 28.5 Å². The molecule has 5 rings (SSSR count). The monoisotopic (exact) mass is 494 g/mol. The van der Waals surface area contributed by atoms with Gasteiger partial charge in [-0.2, -0.15) is 5.26 Å². The van der Waals surface area contributed by atoms with Crippen LogP contribution >= 0.6 is 11.8 Å². The number of carbonyl (C=O) groups excluding carboxylic acids is 1. The summed E-state index contributed by atoms with van der Waals surface area (Å²) in [5.74, 6) is 0.0754. The van der Waals surface area contributed by atoms with E-state index in [1.165, 1.54) is 17.3 Å². The maximum atomic E-state index is 13.0. The molecule has 0 atom stereocenters. The fourth-order valence-electron chi connectivity index (χ4n) is 4.75. The predicted octanol–water partition coefficient (Wildman–Crippen LogP) is 6.70. The molecule has 6 heteroatoms. The summed E-state index contributed by atoms with van der Waals surface area (Å²) in [5, 5.41) is 11.4. The Morgan fingerprint density at radius 1 is 1.11 bits per heavy atom. The summed E-state index contributed by atoms with van der Waals surface area (Å²) in [6, 6.07) is 19.5. The number of hydrogen-bond donors (Lipinski definition) is 0. The first kappa shape index (κ1) is 24.0. The average molecular weight is 495 g/mol. The van der Waals surface area contributed by atoms with Crippen LogP contribution < -0.4 is 5.63 Å². The highest BCUT2D eigenvalue weighted by Crippen LogP contribution is 2.38. The molecule has 0 spiro atoms. The minimum Gasteiger partial charge on any atom is -0.422 e. The minimum atomic E-state index is -0.649. The SMILES string of the molecule is CC(C)c1ccc(-c2c(C#N)c(SCC(=O)c3cc4ccccc4oc3=O)nc3c2CCCC3)cc1. The fourth-order valence-corrected chi connectivity index (χ4v) is 5.64. The predicted molar refractivity (Wildman–Crippen MR) is 143 cm³/mol. The molecule has 2 aromatic carbocycles. The molecule has 36 heavy (non-hydrogen) atoms. The Hall–Kier alpha value is -3.69. The van der Waals surface area contributed by atoms with Crippen LogP contribution in [-0.4, -0.2) is 16.5 Å². The molecule has 0 aliphatic heterocycles. The highest BCUT2D eigenvalue weighted by atomic mass is 32.2. The molecule has 0 saturated carbocycles. The van der Waals surface area contributed by atoms with Crippen LogP contribution in [0.25, 0.3) is 22.1 Å². The topological polar surface area (TPSA) is 84.0 Å². The number of Topliss-reactive ketones (excluding diaryl/α,β-unsaturated/α-hetero) is 1. The van der Waals surface area contributed by atoms with E-state index in [2.05, 4.69) is 44.2 Å². The molecule has 0 saturated heterocycles. The summed E-state index contributed by atoms with van der Waals surface area (Å²) in [5.41, 5.74) is 5.63. The van der Waals surface area contributed by atoms with Gasteiger partial charge in [0.2, 0.25) is 0 Å². The maximum absolute atomic E-state index is 13.0. The Morgan fingerprint density at radius 3 is 2.61 bits per heavy atom. The van der Waals surface area contributed by atoms with Crippen molar-refractivity contribution in [3.05, 3.63) is 93.0 Å². The normalized spacial score (nSPS) is 12.9. The van der Waals surface area contributed by atoms with E-state index in [0.29, 0.717) is 27.5 Å². The van der Waals surface area contributed by atoms with Gasteiger partial charge in [0.1, 0.15) is 22.2 Å². The van der Waals surface area contributed by atoms with Crippen LogP contribution in [0, 0.1) is 11.3 Å². The zero-order valence-electron chi connectivity index (χ0n) is 20.3. The van der Waals surface area contributed by atoms with Gasteiger partial charge in [0, 0.05) is 16.6 Å². The van der Waals surface area contributed by atoms with E-state index < -0.39 is 5.63 Å². The molecule has 0 amide bonds. The van der Waals surface area contributed by atoms with Crippen molar-refractivity contribution in [1.82, 2.24) is 4.98 Å². The number of aryl methyl sites for hydroxylation is 1. The van der Waals surface area contributed by atoms with Crippen LogP contribution in [0.3, 0.4) is 0 Å². The van der Waals surface area contributed by atoms with Gasteiger partial charge in [-0.15, -0.1) is 0 Å². The summed E-state index contributed by atoms with van der Waals surface area (Å²) >= 11 is 1.21. The lowest BCUT2D eigenvalue weighted by atomic mass is 9.86. The molecule has 5 nitrogen and oxygen atoms in total. The van der Waals surface area contributed by atoms with E-state index in [9.17, 15) is 14.9 Å². The van der Waals surface area contributed by atoms with Crippen molar-refractivity contribution in [2.45, 2.75) is 50.5 Å². The summed E-state index contributed by atoms with van der Waals surface area (Å²) in [6.45, 7) is 4.32. The second-order valence-corrected chi connectivity index (χ2v) is 10.3. The fraction of sp³-hybridized carbons (Fsp3) is 0.267. The first-order chi connectivity index (χ1) is 17.5. The first-order valence-corrected chi connectivity index (χ1v) is 13.2. The lowest BCUT2D eigenvalue weighted by molar-refractivity contribution is 0.101. The molecular formula is C30H26N2O3S. The molecule has 0 unspecified atom stereocenters. The van der Waals surface area contributed by atoms with Gasteiger partial charge in [-0.05, 0) is 60.4 Å². The molecule has 0 N–H and O–H groups in total. The number of nitrogens with zero attached hydrogens (tertiary/aromatic N) is 2. The first-order valence-electron chi connectivity index (χ1n) is 12.2. The van der Waals surface area contributed by atoms with Gasteiger partial charge in [0.05, 0.1) is 11.3 Å². The van der Waals surface area contributed by atoms with Crippen molar-refractivity contribution in [2.75, 3.05) is 5.75 Å². The number of carbonyl (C=O) groups is 1. The quantitative estimate of drug-likeness (QED) is 0.168. The van der Waals surface area contributed by atoms with Crippen molar-refractivity contribution < 1.29 is 9.21 Å². The largest absolute Gasteiger partial charge is 0.422 e. The van der Waals surface area contributed by atoms with Gasteiger partial charge in [-0.3, -0.25) is 4.79 Å². The number of pyridine rings is 1. The third-order valence-electron chi connectivity index (χ3n) is 6.70. The van der Waals surface area contributed by atoms with E-state index in [0.717, 1.165) is 48.1 Å². The van der Waals surface area contributed by atoms with Gasteiger partial charge >= 0.3 is 5.63 Å². The number of hydrogen-bond acceptors (Lipinski definition) is 6. The van der Waals surface area contributed by atoms with E-state index in [4.69, 9.17) is 9.40 Å². The molecule has 0 bridgehead atoms. The van der Waals surface area contributed by atoms with Crippen molar-refractivity contribution in [2.24, 2.45) is 0 Å². The Bertz CT molecular complexity index is 1560. The summed E-state index contributed by atoms with van der Waals surface area (Å²) in [7, 11) is 0. The second-order valence-electron chi connectivity index (χ2n) is 9.39. The van der Waals surface area contributed by atoms with Gasteiger partial charge in [-0.25, -0.2) is 9.78 Å². The zero-order chi connectivity index (χ0) is 25.2. The average Bonchev–Trinajstić information content (AvgIpc) is 2.90. The van der Waals surface area contributed by atoms with E-state index in [1.54, 1.807) is 24.3 Å². The van der Waals surface area contributed by atoms with Gasteiger partial charge in [-0.1, -0.05) is 68.1 Å². The number of rotatable bonds is 6. The molecular weight excluding hydrogens is 468 g/mol. The number of ketones is 1. The van der Waals surface area contributed by atoms with E-state index in [1.807, 2.05) is 6.07 Å². The van der Waals surface area contributed by atoms with Crippen LogP contribution in [0.2, 0.25) is 0 Å². The lowest BCUT2D eigenvalue weighted by Gasteiger charge is -2.22. The third kappa shape index (κ3) is 4.59. The van der Waals surface area contributed by atoms with E-state index in [-0.39, 0.29) is 17.1 Å². The van der Waals surface area contributed by atoms with Crippen LogP contribution in [0.4, 0.5) is 0 Å². The molecule has 4 aromatic rings. The number of fused-ring (bicyclic) bond motifs is 2. The molecule has 1 aliphatic carbocycles. The zero-order valence-corrected chi connectivity index (χ0v) is 21.2. The molecule has 2 heterocycles. The highest BCUT2D eigenvalue weighted by Gasteiger charge is 2.24. The standard InChI is InChI=1S/C30H26N2O3S/c1-18(2)19-11-13-20(14-12-19)28-22-8-4-5-9-25(22)32-29(24(28)16-31)36-17-26(33)23-15-21-7-3-6-10-27(21)35-30(23)34/h3,6-7,10-15,18H,4-5,8-9,17H2,1-2H3. The molecule has 180 valence electrons. The second kappa shape index (κ2) is 10.1. The van der Waals surface area contributed by atoms with Gasteiger partial charge in [0.25, 0.3) is 0 Å². The van der Waals surface area contributed by atoms with Crippen molar-refractivity contribution in [3.63, 3.8) is 0 Å². The van der Waals surface area contributed by atoms with Gasteiger partial charge < -0.3 is 4.42 Å². The molecule has 0 fully saturated rings. The molecule has 2 aromatic heterocycles. The summed E-state index contributed by atoms with van der Waals surface area (Å²) in [4.78, 5) is 30.3. The van der Waals surface area contributed by atoms with Crippen LogP contribution in [0.1, 0.15) is 65.3 Å². The van der Waals surface area contributed by atoms with Crippen LogP contribution in [0.5, 0.6) is 0 Å². The lowest BCUT2D eigenvalue weighted by Crippen LogP contribution is -2.16. The molecule has 1 aliphatic rings. The number of para-hydroxylation sites is 1. The Morgan fingerprint density at radius 2 is 1.86 bits per heavy atom. The smallest absolute Gasteiger partial charge is 0.347 e. The Kier molecular flexibility index (Phi) is 6.75. The van der Waals surface area contributed by atoms with Crippen molar-refractivity contribution in [1.29, 1.82) is 5.26 Å². The van der Waals surface area contributed by atoms with Crippen molar-refractivity contribution in [3.8, 4) is 17.2 Å². The number of thioether (sulfide) groups is 1. The Balaban J connectivity index is 1.51. The third-order valence-corrected chi connectivity index (χ3v) is 7.68. The Labute approximate surface area is 214 Å². The number of nitriles is 1. The van der Waals surface area contributed by atoms with Crippen LogP contribution in [0.15, 0.2) is 68.8 Å². The number of aromatic nitrogens is 1.